The Labute approximate surface area is 97.9 Å². The zero-order valence-corrected chi connectivity index (χ0v) is 10.4. The lowest BCUT2D eigenvalue weighted by molar-refractivity contribution is -0.132. The number of likely N-dealkylation sites (N-methyl/N-ethyl adjacent to an activating group) is 1. The molecule has 3 N–H and O–H groups in total. The van der Waals surface area contributed by atoms with Crippen LogP contribution in [0, 0.1) is 11.8 Å². The van der Waals surface area contributed by atoms with E-state index in [1.807, 2.05) is 0 Å². The fourth-order valence-corrected chi connectivity index (χ4v) is 2.36. The molecule has 0 spiro atoms. The van der Waals surface area contributed by atoms with Crippen molar-refractivity contribution < 1.29 is 9.53 Å². The topological polar surface area (TPSA) is 64.3 Å². The van der Waals surface area contributed by atoms with Gasteiger partial charge in [0.25, 0.3) is 0 Å². The van der Waals surface area contributed by atoms with E-state index in [0.717, 1.165) is 6.54 Å². The van der Waals surface area contributed by atoms with Gasteiger partial charge in [0.2, 0.25) is 5.91 Å². The Kier molecular flexibility index (Phi) is 5.77. The molecule has 1 aliphatic carbocycles. The normalized spacial score (nSPS) is 27.4. The van der Waals surface area contributed by atoms with E-state index in [-0.39, 0.29) is 12.0 Å². The summed E-state index contributed by atoms with van der Waals surface area (Å²) in [6.45, 7) is 3.19. The number of carbonyl (C=O) groups excluding carboxylic acids is 1. The predicted octanol–water partition coefficient (Wildman–Crippen LogP) is 0.903. The minimum Gasteiger partial charge on any atom is -0.368 e. The summed E-state index contributed by atoms with van der Waals surface area (Å²) in [5, 5.41) is 2.59. The van der Waals surface area contributed by atoms with Crippen LogP contribution in [0.15, 0.2) is 0 Å². The van der Waals surface area contributed by atoms with Gasteiger partial charge in [0.15, 0.2) is 0 Å². The molecular weight excluding hydrogens is 204 g/mol. The maximum Gasteiger partial charge on any atom is 0.248 e. The second-order valence-electron chi connectivity index (χ2n) is 4.63. The quantitative estimate of drug-likeness (QED) is 0.735. The summed E-state index contributed by atoms with van der Waals surface area (Å²) < 4.78 is 5.60. The number of rotatable bonds is 5. The third-order valence-corrected chi connectivity index (χ3v) is 3.55. The molecule has 3 atom stereocenters. The maximum atomic E-state index is 11.3. The van der Waals surface area contributed by atoms with E-state index in [1.165, 1.54) is 25.7 Å². The number of hydrogen-bond donors (Lipinski definition) is 2. The summed E-state index contributed by atoms with van der Waals surface area (Å²) in [7, 11) is 1.63. The van der Waals surface area contributed by atoms with Crippen molar-refractivity contribution >= 4 is 5.91 Å². The smallest absolute Gasteiger partial charge is 0.248 e. The molecule has 0 bridgehead atoms. The van der Waals surface area contributed by atoms with E-state index in [4.69, 9.17) is 10.5 Å². The highest BCUT2D eigenvalue weighted by molar-refractivity contribution is 5.79. The SMILES string of the molecule is CNC(=O)C(C)OCC1CCCCC1CN. The molecule has 0 heterocycles. The molecule has 1 fully saturated rings. The Morgan fingerprint density at radius 2 is 2.06 bits per heavy atom. The zero-order chi connectivity index (χ0) is 12.0. The van der Waals surface area contributed by atoms with Crippen LogP contribution in [0.25, 0.3) is 0 Å². The van der Waals surface area contributed by atoms with Crippen LogP contribution in [-0.2, 0) is 9.53 Å². The van der Waals surface area contributed by atoms with Crippen LogP contribution in [-0.4, -0.2) is 32.2 Å². The molecule has 0 aromatic rings. The summed E-state index contributed by atoms with van der Waals surface area (Å²) in [4.78, 5) is 11.3. The second-order valence-corrected chi connectivity index (χ2v) is 4.63. The Bertz CT molecular complexity index is 221. The summed E-state index contributed by atoms with van der Waals surface area (Å²) in [5.74, 6) is 1.05. The predicted molar refractivity (Wildman–Crippen MR) is 64.0 cm³/mol. The average Bonchev–Trinajstić information content (AvgIpc) is 2.35. The van der Waals surface area contributed by atoms with Gasteiger partial charge in [0.1, 0.15) is 6.10 Å². The second kappa shape index (κ2) is 6.86. The van der Waals surface area contributed by atoms with Gasteiger partial charge >= 0.3 is 0 Å². The van der Waals surface area contributed by atoms with E-state index in [1.54, 1.807) is 14.0 Å². The molecule has 0 aromatic carbocycles. The minimum absolute atomic E-state index is 0.0555. The summed E-state index contributed by atoms with van der Waals surface area (Å²) in [6, 6.07) is 0. The van der Waals surface area contributed by atoms with E-state index in [0.29, 0.717) is 18.4 Å². The van der Waals surface area contributed by atoms with Crippen LogP contribution < -0.4 is 11.1 Å². The molecule has 1 rings (SSSR count). The van der Waals surface area contributed by atoms with E-state index >= 15 is 0 Å². The van der Waals surface area contributed by atoms with Gasteiger partial charge in [-0.2, -0.15) is 0 Å². The first-order chi connectivity index (χ1) is 7.69. The first kappa shape index (κ1) is 13.5. The average molecular weight is 228 g/mol. The minimum atomic E-state index is -0.356. The van der Waals surface area contributed by atoms with Gasteiger partial charge < -0.3 is 15.8 Å². The van der Waals surface area contributed by atoms with Gasteiger partial charge in [-0.1, -0.05) is 12.8 Å². The van der Waals surface area contributed by atoms with Crippen molar-refractivity contribution in [2.75, 3.05) is 20.2 Å². The van der Waals surface area contributed by atoms with Gasteiger partial charge in [-0.05, 0) is 38.1 Å². The van der Waals surface area contributed by atoms with Crippen LogP contribution in [0.5, 0.6) is 0 Å². The zero-order valence-electron chi connectivity index (χ0n) is 10.4. The van der Waals surface area contributed by atoms with Crippen molar-refractivity contribution in [3.05, 3.63) is 0 Å². The number of carbonyl (C=O) groups is 1. The van der Waals surface area contributed by atoms with E-state index in [2.05, 4.69) is 5.32 Å². The monoisotopic (exact) mass is 228 g/mol. The van der Waals surface area contributed by atoms with Gasteiger partial charge in [-0.25, -0.2) is 0 Å². The molecule has 0 saturated heterocycles. The Morgan fingerprint density at radius 3 is 2.62 bits per heavy atom. The lowest BCUT2D eigenvalue weighted by atomic mass is 9.80. The third-order valence-electron chi connectivity index (χ3n) is 3.55. The van der Waals surface area contributed by atoms with Crippen molar-refractivity contribution in [3.8, 4) is 0 Å². The first-order valence-electron chi connectivity index (χ1n) is 6.22. The van der Waals surface area contributed by atoms with Crippen LogP contribution in [0.4, 0.5) is 0 Å². The summed E-state index contributed by atoms with van der Waals surface area (Å²) >= 11 is 0. The van der Waals surface area contributed by atoms with Crippen molar-refractivity contribution in [2.24, 2.45) is 17.6 Å². The fourth-order valence-electron chi connectivity index (χ4n) is 2.36. The Hall–Kier alpha value is -0.610. The maximum absolute atomic E-state index is 11.3. The third kappa shape index (κ3) is 3.76. The highest BCUT2D eigenvalue weighted by Crippen LogP contribution is 2.29. The lowest BCUT2D eigenvalue weighted by Gasteiger charge is -2.31. The molecule has 1 aliphatic rings. The van der Waals surface area contributed by atoms with Crippen LogP contribution in [0.2, 0.25) is 0 Å². The number of ether oxygens (including phenoxy) is 1. The molecule has 16 heavy (non-hydrogen) atoms. The molecule has 0 aliphatic heterocycles. The van der Waals surface area contributed by atoms with E-state index < -0.39 is 0 Å². The lowest BCUT2D eigenvalue weighted by Crippen LogP contribution is -2.35. The first-order valence-corrected chi connectivity index (χ1v) is 6.22. The van der Waals surface area contributed by atoms with Gasteiger partial charge in [-0.15, -0.1) is 0 Å². The molecule has 1 amide bonds. The van der Waals surface area contributed by atoms with Gasteiger partial charge in [-0.3, -0.25) is 4.79 Å². The van der Waals surface area contributed by atoms with Crippen molar-refractivity contribution in [1.29, 1.82) is 0 Å². The molecule has 1 saturated carbocycles. The Morgan fingerprint density at radius 1 is 1.44 bits per heavy atom. The molecule has 4 nitrogen and oxygen atoms in total. The van der Waals surface area contributed by atoms with Crippen LogP contribution in [0.3, 0.4) is 0 Å². The highest BCUT2D eigenvalue weighted by atomic mass is 16.5. The van der Waals surface area contributed by atoms with Crippen molar-refractivity contribution in [2.45, 2.75) is 38.7 Å². The molecular formula is C12H24N2O2. The number of nitrogens with one attached hydrogen (secondary N) is 1. The van der Waals surface area contributed by atoms with Gasteiger partial charge in [0, 0.05) is 7.05 Å². The van der Waals surface area contributed by atoms with Crippen LogP contribution in [0.1, 0.15) is 32.6 Å². The van der Waals surface area contributed by atoms with Crippen molar-refractivity contribution in [1.82, 2.24) is 5.32 Å². The number of hydrogen-bond acceptors (Lipinski definition) is 3. The number of nitrogens with two attached hydrogens (primary N) is 1. The van der Waals surface area contributed by atoms with Crippen molar-refractivity contribution in [3.63, 3.8) is 0 Å². The summed E-state index contributed by atoms with van der Waals surface area (Å²) in [5.41, 5.74) is 5.75. The van der Waals surface area contributed by atoms with Gasteiger partial charge in [0.05, 0.1) is 6.61 Å². The van der Waals surface area contributed by atoms with E-state index in [9.17, 15) is 4.79 Å². The fraction of sp³-hybridized carbons (Fsp3) is 0.917. The molecule has 94 valence electrons. The molecule has 3 unspecified atom stereocenters. The Balaban J connectivity index is 2.32. The molecule has 0 radical (unpaired) electrons. The standard InChI is InChI=1S/C12H24N2O2/c1-9(12(15)14-2)16-8-11-6-4-3-5-10(11)7-13/h9-11H,3-8,13H2,1-2H3,(H,14,15). The molecule has 0 aromatic heterocycles. The van der Waals surface area contributed by atoms with Crippen LogP contribution >= 0.6 is 0 Å². The number of amides is 1. The summed E-state index contributed by atoms with van der Waals surface area (Å²) in [6.07, 6.45) is 4.58. The molecule has 4 heteroatoms. The largest absolute Gasteiger partial charge is 0.368 e. The highest BCUT2D eigenvalue weighted by Gasteiger charge is 2.25.